The lowest BCUT2D eigenvalue weighted by atomic mass is 10.2. The molecule has 3 aromatic carbocycles. The number of halogens is 1. The number of anilines is 2. The molecular weight excluding hydrogens is 440 g/mol. The number of aryl methyl sites for hydroxylation is 1. The van der Waals surface area contributed by atoms with Gasteiger partial charge in [0.15, 0.2) is 0 Å². The van der Waals surface area contributed by atoms with Crippen LogP contribution in [0, 0.1) is 6.92 Å². The third kappa shape index (κ3) is 4.61. The molecule has 0 radical (unpaired) electrons. The van der Waals surface area contributed by atoms with Gasteiger partial charge in [0.1, 0.15) is 6.54 Å². The summed E-state index contributed by atoms with van der Waals surface area (Å²) in [5, 5.41) is 2.77. The number of nitrogens with one attached hydrogen (secondary N) is 1. The van der Waals surface area contributed by atoms with Gasteiger partial charge in [-0.15, -0.1) is 0 Å². The maximum Gasteiger partial charge on any atom is 0.264 e. The topological polar surface area (TPSA) is 66.5 Å². The fourth-order valence-corrected chi connectivity index (χ4v) is 4.71. The van der Waals surface area contributed by atoms with Gasteiger partial charge in [0.05, 0.1) is 16.3 Å². The second-order valence-electron chi connectivity index (χ2n) is 6.19. The predicted octanol–water partition coefficient (Wildman–Crippen LogP) is 4.59. The maximum absolute atomic E-state index is 13.2. The molecule has 3 rings (SSSR count). The number of amides is 1. The van der Waals surface area contributed by atoms with Crippen molar-refractivity contribution in [2.24, 2.45) is 0 Å². The average molecular weight is 459 g/mol. The summed E-state index contributed by atoms with van der Waals surface area (Å²) >= 11 is 3.42. The Kier molecular flexibility index (Phi) is 6.16. The van der Waals surface area contributed by atoms with E-state index >= 15 is 0 Å². The van der Waals surface area contributed by atoms with Crippen molar-refractivity contribution in [2.75, 3.05) is 16.2 Å². The van der Waals surface area contributed by atoms with Crippen LogP contribution in [0.25, 0.3) is 0 Å². The molecule has 0 fully saturated rings. The zero-order chi connectivity index (χ0) is 20.1. The molecule has 0 spiro atoms. The fourth-order valence-electron chi connectivity index (χ4n) is 2.67. The van der Waals surface area contributed by atoms with E-state index in [1.54, 1.807) is 54.6 Å². The van der Waals surface area contributed by atoms with Gasteiger partial charge in [-0.3, -0.25) is 9.10 Å². The number of hydrogen-bond acceptors (Lipinski definition) is 3. The molecule has 144 valence electrons. The van der Waals surface area contributed by atoms with E-state index < -0.39 is 15.9 Å². The number of sulfonamides is 1. The Labute approximate surface area is 173 Å². The van der Waals surface area contributed by atoms with Crippen molar-refractivity contribution >= 4 is 43.2 Å². The van der Waals surface area contributed by atoms with Gasteiger partial charge >= 0.3 is 0 Å². The molecule has 0 saturated carbocycles. The first kappa shape index (κ1) is 20.1. The molecule has 0 bridgehead atoms. The second-order valence-corrected chi connectivity index (χ2v) is 8.91. The van der Waals surface area contributed by atoms with Crippen LogP contribution < -0.4 is 9.62 Å². The number of hydrogen-bond donors (Lipinski definition) is 1. The molecule has 0 aliphatic rings. The van der Waals surface area contributed by atoms with E-state index in [2.05, 4.69) is 21.2 Å². The molecule has 28 heavy (non-hydrogen) atoms. The second kappa shape index (κ2) is 8.58. The highest BCUT2D eigenvalue weighted by atomic mass is 79.9. The molecular formula is C21H19BrN2O3S. The first-order chi connectivity index (χ1) is 13.4. The van der Waals surface area contributed by atoms with Crippen LogP contribution in [0.4, 0.5) is 11.4 Å². The fraction of sp³-hybridized carbons (Fsp3) is 0.0952. The molecule has 7 heteroatoms. The third-order valence-corrected chi connectivity index (χ3v) is 6.51. The molecule has 0 aromatic heterocycles. The number of para-hydroxylation sites is 1. The smallest absolute Gasteiger partial charge is 0.264 e. The van der Waals surface area contributed by atoms with E-state index in [9.17, 15) is 13.2 Å². The molecule has 0 aliphatic heterocycles. The Balaban J connectivity index is 1.91. The Morgan fingerprint density at radius 1 is 0.964 bits per heavy atom. The van der Waals surface area contributed by atoms with Crippen LogP contribution in [-0.4, -0.2) is 20.9 Å². The number of carbonyl (C=O) groups excluding carboxylic acids is 1. The number of carbonyl (C=O) groups is 1. The Morgan fingerprint density at radius 3 is 2.18 bits per heavy atom. The number of nitrogens with zero attached hydrogens (tertiary/aromatic N) is 1. The van der Waals surface area contributed by atoms with Crippen molar-refractivity contribution in [3.8, 4) is 0 Å². The highest BCUT2D eigenvalue weighted by Crippen LogP contribution is 2.25. The Bertz CT molecular complexity index is 1070. The highest BCUT2D eigenvalue weighted by molar-refractivity contribution is 9.10. The van der Waals surface area contributed by atoms with Gasteiger partial charge in [-0.25, -0.2) is 8.42 Å². The Morgan fingerprint density at radius 2 is 1.57 bits per heavy atom. The minimum Gasteiger partial charge on any atom is -0.323 e. The van der Waals surface area contributed by atoms with Crippen LogP contribution in [0.5, 0.6) is 0 Å². The van der Waals surface area contributed by atoms with Crippen LogP contribution in [-0.2, 0) is 14.8 Å². The summed E-state index contributed by atoms with van der Waals surface area (Å²) in [4.78, 5) is 12.8. The first-order valence-corrected chi connectivity index (χ1v) is 10.8. The van der Waals surface area contributed by atoms with E-state index in [0.717, 1.165) is 14.3 Å². The summed E-state index contributed by atoms with van der Waals surface area (Å²) in [5.74, 6) is -0.437. The lowest BCUT2D eigenvalue weighted by molar-refractivity contribution is -0.114. The van der Waals surface area contributed by atoms with Gasteiger partial charge in [0.25, 0.3) is 10.0 Å². The lowest BCUT2D eigenvalue weighted by Crippen LogP contribution is -2.38. The van der Waals surface area contributed by atoms with Gasteiger partial charge in [-0.05, 0) is 64.8 Å². The molecule has 5 nitrogen and oxygen atoms in total. The number of rotatable bonds is 6. The van der Waals surface area contributed by atoms with Crippen LogP contribution >= 0.6 is 15.9 Å². The quantitative estimate of drug-likeness (QED) is 0.587. The molecule has 0 atom stereocenters. The molecule has 1 amide bonds. The normalized spacial score (nSPS) is 11.1. The van der Waals surface area contributed by atoms with E-state index in [0.29, 0.717) is 11.4 Å². The summed E-state index contributed by atoms with van der Waals surface area (Å²) in [5.41, 5.74) is 2.05. The Hall–Kier alpha value is -2.64. The summed E-state index contributed by atoms with van der Waals surface area (Å²) in [6, 6.07) is 22.2. The molecule has 0 heterocycles. The summed E-state index contributed by atoms with van der Waals surface area (Å²) < 4.78 is 28.2. The zero-order valence-electron chi connectivity index (χ0n) is 15.2. The van der Waals surface area contributed by atoms with Crippen molar-refractivity contribution in [3.63, 3.8) is 0 Å². The van der Waals surface area contributed by atoms with Crippen molar-refractivity contribution < 1.29 is 13.2 Å². The molecule has 0 saturated heterocycles. The van der Waals surface area contributed by atoms with Gasteiger partial charge in [-0.2, -0.15) is 0 Å². The molecule has 1 N–H and O–H groups in total. The molecule has 0 unspecified atom stereocenters. The van der Waals surface area contributed by atoms with Gasteiger partial charge in [0, 0.05) is 4.47 Å². The molecule has 0 aliphatic carbocycles. The minimum atomic E-state index is -3.90. The summed E-state index contributed by atoms with van der Waals surface area (Å²) in [7, 11) is -3.90. The maximum atomic E-state index is 13.2. The van der Waals surface area contributed by atoms with Crippen molar-refractivity contribution in [1.29, 1.82) is 0 Å². The van der Waals surface area contributed by atoms with Crippen LogP contribution in [0.3, 0.4) is 0 Å². The standard InChI is InChI=1S/C21H19BrN2O3S/c1-16-12-13-20(19(22)14-16)23-21(25)15-24(17-8-4-2-5-9-17)28(26,27)18-10-6-3-7-11-18/h2-14H,15H2,1H3,(H,23,25). The van der Waals surface area contributed by atoms with Crippen molar-refractivity contribution in [2.45, 2.75) is 11.8 Å². The minimum absolute atomic E-state index is 0.128. The zero-order valence-corrected chi connectivity index (χ0v) is 17.6. The van der Waals surface area contributed by atoms with Crippen LogP contribution in [0.1, 0.15) is 5.56 Å². The largest absolute Gasteiger partial charge is 0.323 e. The predicted molar refractivity (Wildman–Crippen MR) is 115 cm³/mol. The SMILES string of the molecule is Cc1ccc(NC(=O)CN(c2ccccc2)S(=O)(=O)c2ccccc2)c(Br)c1. The third-order valence-electron chi connectivity index (χ3n) is 4.06. The van der Waals surface area contributed by atoms with E-state index in [-0.39, 0.29) is 11.4 Å². The summed E-state index contributed by atoms with van der Waals surface area (Å²) in [6.45, 7) is 1.60. The monoisotopic (exact) mass is 458 g/mol. The lowest BCUT2D eigenvalue weighted by Gasteiger charge is -2.24. The van der Waals surface area contributed by atoms with E-state index in [1.165, 1.54) is 12.1 Å². The van der Waals surface area contributed by atoms with Crippen LogP contribution in [0.15, 0.2) is 88.2 Å². The average Bonchev–Trinajstić information content (AvgIpc) is 2.69. The molecule has 3 aromatic rings. The van der Waals surface area contributed by atoms with Gasteiger partial charge < -0.3 is 5.32 Å². The first-order valence-electron chi connectivity index (χ1n) is 8.57. The van der Waals surface area contributed by atoms with Gasteiger partial charge in [-0.1, -0.05) is 42.5 Å². The van der Waals surface area contributed by atoms with Crippen molar-refractivity contribution in [3.05, 3.63) is 88.9 Å². The van der Waals surface area contributed by atoms with E-state index in [1.807, 2.05) is 19.1 Å². The number of benzene rings is 3. The highest BCUT2D eigenvalue weighted by Gasteiger charge is 2.27. The van der Waals surface area contributed by atoms with Gasteiger partial charge in [0.2, 0.25) is 5.91 Å². The van der Waals surface area contributed by atoms with Crippen LogP contribution in [0.2, 0.25) is 0 Å². The van der Waals surface area contributed by atoms with E-state index in [4.69, 9.17) is 0 Å². The van der Waals surface area contributed by atoms with Crippen molar-refractivity contribution in [1.82, 2.24) is 0 Å². The summed E-state index contributed by atoms with van der Waals surface area (Å²) in [6.07, 6.45) is 0.